The van der Waals surface area contributed by atoms with Crippen LogP contribution in [-0.2, 0) is 0 Å². The van der Waals surface area contributed by atoms with Crippen molar-refractivity contribution in [3.63, 3.8) is 0 Å². The van der Waals surface area contributed by atoms with Gasteiger partial charge in [0, 0.05) is 36.9 Å². The third-order valence-corrected chi connectivity index (χ3v) is 8.27. The third-order valence-electron chi connectivity index (χ3n) is 5.85. The summed E-state index contributed by atoms with van der Waals surface area (Å²) in [5.74, 6) is -1.31. The zero-order chi connectivity index (χ0) is 29.8. The van der Waals surface area contributed by atoms with E-state index < -0.39 is 17.8 Å². The summed E-state index contributed by atoms with van der Waals surface area (Å²) in [7, 11) is 0. The Morgan fingerprint density at radius 3 is 2.29 bits per heavy atom. The van der Waals surface area contributed by atoms with Crippen molar-refractivity contribution in [3.05, 3.63) is 127 Å². The number of ether oxygens (including phenoxy) is 1. The average molecular weight is 657 g/mol. The minimum atomic E-state index is -0.632. The first-order valence-electron chi connectivity index (χ1n) is 12.1. The van der Waals surface area contributed by atoms with E-state index in [4.69, 9.17) is 51.1 Å². The van der Waals surface area contributed by atoms with E-state index in [9.17, 15) is 14.4 Å². The molecule has 5 aromatic rings. The van der Waals surface area contributed by atoms with Crippen LogP contribution in [0.5, 0.6) is 5.75 Å². The fraction of sp³-hybridized carbons (Fsp3) is 0. The molecule has 0 aliphatic carbocycles. The summed E-state index contributed by atoms with van der Waals surface area (Å²) in [6.45, 7) is 0. The molecule has 0 radical (unpaired) electrons. The van der Waals surface area contributed by atoms with E-state index in [-0.39, 0.29) is 26.2 Å². The van der Waals surface area contributed by atoms with Gasteiger partial charge < -0.3 is 10.1 Å². The van der Waals surface area contributed by atoms with Gasteiger partial charge in [0.25, 0.3) is 11.8 Å². The molecule has 4 aromatic carbocycles. The lowest BCUT2D eigenvalue weighted by Gasteiger charge is -2.08. The minimum Gasteiger partial charge on any atom is -0.422 e. The van der Waals surface area contributed by atoms with Crippen LogP contribution in [0, 0.1) is 0 Å². The number of thiophene rings is 1. The van der Waals surface area contributed by atoms with Gasteiger partial charge >= 0.3 is 5.97 Å². The highest BCUT2D eigenvalue weighted by atomic mass is 35.5. The van der Waals surface area contributed by atoms with Crippen LogP contribution in [-0.4, -0.2) is 24.0 Å². The molecule has 0 bridgehead atoms. The lowest BCUT2D eigenvalue weighted by molar-refractivity contribution is 0.0739. The van der Waals surface area contributed by atoms with Crippen LogP contribution in [0.3, 0.4) is 0 Å². The van der Waals surface area contributed by atoms with Gasteiger partial charge in [-0.2, -0.15) is 5.10 Å². The van der Waals surface area contributed by atoms with Crippen molar-refractivity contribution in [2.24, 2.45) is 5.10 Å². The standard InChI is InChI=1S/C30H17Cl4N3O4S/c31-18-7-11-21(23(33)13-18)29(39)36-20-9-5-16(6-10-20)28(38)37-35-15-17-3-1-2-4-24(17)41-30(40)27-26(34)22-12-8-19(32)14-25(22)42-27/h1-15H,(H,36,39)(H,37,38)/b35-15-. The molecule has 42 heavy (non-hydrogen) atoms. The van der Waals surface area contributed by atoms with Crippen LogP contribution in [0.4, 0.5) is 5.69 Å². The summed E-state index contributed by atoms with van der Waals surface area (Å²) in [6.07, 6.45) is 1.36. The number of anilines is 1. The summed E-state index contributed by atoms with van der Waals surface area (Å²) in [4.78, 5) is 38.3. The molecule has 0 fully saturated rings. The van der Waals surface area contributed by atoms with E-state index in [1.54, 1.807) is 60.7 Å². The Labute approximate surface area is 263 Å². The Morgan fingerprint density at radius 1 is 0.810 bits per heavy atom. The molecule has 0 spiro atoms. The SMILES string of the molecule is O=C(N/N=C\c1ccccc1OC(=O)c1sc2cc(Cl)ccc2c1Cl)c1ccc(NC(=O)c2ccc(Cl)cc2Cl)cc1. The lowest BCUT2D eigenvalue weighted by atomic mass is 10.1. The molecular weight excluding hydrogens is 640 g/mol. The lowest BCUT2D eigenvalue weighted by Crippen LogP contribution is -2.18. The fourth-order valence-corrected chi connectivity index (χ4v) is 5.95. The number of nitrogens with one attached hydrogen (secondary N) is 2. The van der Waals surface area contributed by atoms with Crippen molar-refractivity contribution < 1.29 is 19.1 Å². The number of carbonyl (C=O) groups excluding carboxylic acids is 3. The first-order chi connectivity index (χ1) is 20.2. The molecule has 0 saturated carbocycles. The average Bonchev–Trinajstić information content (AvgIpc) is 3.29. The summed E-state index contributed by atoms with van der Waals surface area (Å²) >= 11 is 25.6. The first-order valence-corrected chi connectivity index (χ1v) is 14.4. The summed E-state index contributed by atoms with van der Waals surface area (Å²) in [6, 6.07) is 22.7. The summed E-state index contributed by atoms with van der Waals surface area (Å²) in [5.41, 5.74) is 3.91. The number of esters is 1. The Kier molecular flexibility index (Phi) is 9.11. The van der Waals surface area contributed by atoms with E-state index >= 15 is 0 Å². The van der Waals surface area contributed by atoms with E-state index in [1.165, 1.54) is 41.8 Å². The third kappa shape index (κ3) is 6.75. The number of carbonyl (C=O) groups is 3. The maximum Gasteiger partial charge on any atom is 0.355 e. The number of para-hydroxylation sites is 1. The van der Waals surface area contributed by atoms with Crippen LogP contribution >= 0.6 is 57.7 Å². The predicted molar refractivity (Wildman–Crippen MR) is 169 cm³/mol. The quantitative estimate of drug-likeness (QED) is 0.0792. The minimum absolute atomic E-state index is 0.222. The molecule has 0 unspecified atom stereocenters. The van der Waals surface area contributed by atoms with Gasteiger partial charge in [-0.1, -0.05) is 64.6 Å². The smallest absolute Gasteiger partial charge is 0.355 e. The molecule has 1 heterocycles. The van der Waals surface area contributed by atoms with Gasteiger partial charge in [-0.15, -0.1) is 11.3 Å². The van der Waals surface area contributed by atoms with E-state index in [1.807, 2.05) is 0 Å². The van der Waals surface area contributed by atoms with Crippen LogP contribution in [0.1, 0.15) is 36.0 Å². The van der Waals surface area contributed by atoms with Crippen molar-refractivity contribution in [3.8, 4) is 5.75 Å². The van der Waals surface area contributed by atoms with Gasteiger partial charge in [0.05, 0.1) is 21.8 Å². The molecule has 0 aliphatic rings. The largest absolute Gasteiger partial charge is 0.422 e. The zero-order valence-electron chi connectivity index (χ0n) is 21.2. The Balaban J connectivity index is 1.22. The molecule has 0 saturated heterocycles. The van der Waals surface area contributed by atoms with Crippen LogP contribution in [0.2, 0.25) is 20.1 Å². The molecule has 7 nitrogen and oxygen atoms in total. The molecule has 210 valence electrons. The van der Waals surface area contributed by atoms with Gasteiger partial charge in [-0.25, -0.2) is 10.2 Å². The van der Waals surface area contributed by atoms with Gasteiger partial charge in [-0.3, -0.25) is 9.59 Å². The number of hydrogen-bond donors (Lipinski definition) is 2. The van der Waals surface area contributed by atoms with Crippen LogP contribution < -0.4 is 15.5 Å². The Bertz CT molecular complexity index is 1870. The predicted octanol–water partition coefficient (Wildman–Crippen LogP) is 8.75. The first kappa shape index (κ1) is 29.6. The molecule has 2 amide bonds. The number of hydrazone groups is 1. The second-order valence-electron chi connectivity index (χ2n) is 8.67. The molecule has 0 atom stereocenters. The van der Waals surface area contributed by atoms with Crippen molar-refractivity contribution in [2.45, 2.75) is 0 Å². The number of amides is 2. The fourth-order valence-electron chi connectivity index (χ4n) is 3.80. The molecule has 0 aliphatic heterocycles. The highest BCUT2D eigenvalue weighted by molar-refractivity contribution is 7.21. The highest BCUT2D eigenvalue weighted by Gasteiger charge is 2.20. The van der Waals surface area contributed by atoms with Crippen molar-refractivity contribution >= 4 is 97.5 Å². The molecule has 12 heteroatoms. The number of rotatable bonds is 7. The maximum atomic E-state index is 12.9. The van der Waals surface area contributed by atoms with Crippen molar-refractivity contribution in [1.82, 2.24) is 5.43 Å². The number of halogens is 4. The monoisotopic (exact) mass is 655 g/mol. The number of fused-ring (bicyclic) bond motifs is 1. The van der Waals surface area contributed by atoms with Gasteiger partial charge in [0.1, 0.15) is 10.6 Å². The second-order valence-corrected chi connectivity index (χ2v) is 11.4. The van der Waals surface area contributed by atoms with Crippen LogP contribution in [0.25, 0.3) is 10.1 Å². The van der Waals surface area contributed by atoms with E-state index in [2.05, 4.69) is 15.8 Å². The number of nitrogens with zero attached hydrogens (tertiary/aromatic N) is 1. The zero-order valence-corrected chi connectivity index (χ0v) is 25.0. The molecule has 1 aromatic heterocycles. The van der Waals surface area contributed by atoms with Crippen LogP contribution in [0.15, 0.2) is 90.0 Å². The van der Waals surface area contributed by atoms with E-state index in [0.717, 1.165) is 4.70 Å². The maximum absolute atomic E-state index is 12.9. The Morgan fingerprint density at radius 2 is 1.52 bits per heavy atom. The van der Waals surface area contributed by atoms with Gasteiger partial charge in [0.2, 0.25) is 0 Å². The molecule has 2 N–H and O–H groups in total. The Hall–Kier alpha value is -3.92. The van der Waals surface area contributed by atoms with E-state index in [0.29, 0.717) is 32.2 Å². The second kappa shape index (κ2) is 12.9. The van der Waals surface area contributed by atoms with Crippen molar-refractivity contribution in [2.75, 3.05) is 5.32 Å². The number of benzene rings is 4. The number of hydrogen-bond acceptors (Lipinski definition) is 6. The summed E-state index contributed by atoms with van der Waals surface area (Å²) < 4.78 is 6.37. The molecule has 5 rings (SSSR count). The van der Waals surface area contributed by atoms with Gasteiger partial charge in [0.15, 0.2) is 0 Å². The van der Waals surface area contributed by atoms with Gasteiger partial charge in [-0.05, 0) is 66.7 Å². The summed E-state index contributed by atoms with van der Waals surface area (Å²) in [5, 5.41) is 8.88. The molecular formula is C30H17Cl4N3O4S. The normalized spacial score (nSPS) is 11.0. The van der Waals surface area contributed by atoms with Crippen molar-refractivity contribution in [1.29, 1.82) is 0 Å². The topological polar surface area (TPSA) is 96.9 Å². The highest BCUT2D eigenvalue weighted by Crippen LogP contribution is 2.37.